The molecule has 0 rings (SSSR count). The van der Waals surface area contributed by atoms with Crippen LogP contribution < -0.4 is 0 Å². The zero-order chi connectivity index (χ0) is 70.3. The molecular formula is C76H148O17P2. The minimum Gasteiger partial charge on any atom is -0.462 e. The Labute approximate surface area is 581 Å². The summed E-state index contributed by atoms with van der Waals surface area (Å²) >= 11 is 0. The van der Waals surface area contributed by atoms with E-state index in [9.17, 15) is 43.2 Å². The van der Waals surface area contributed by atoms with E-state index in [1.807, 2.05) is 0 Å². The molecule has 19 heteroatoms. The fraction of sp³-hybridized carbons (Fsp3) is 0.947. The Kier molecular flexibility index (Phi) is 64.0. The maximum absolute atomic E-state index is 13.1. The highest BCUT2D eigenvalue weighted by molar-refractivity contribution is 7.47. The molecule has 0 aromatic carbocycles. The first-order valence-corrected chi connectivity index (χ1v) is 42.3. The van der Waals surface area contributed by atoms with Crippen LogP contribution in [0.25, 0.3) is 0 Å². The number of hydrogen-bond donors (Lipinski definition) is 3. The standard InChI is InChI=1S/C76H148O17P2/c1-9-68(7)54-46-38-30-26-27-31-40-48-56-73(78)86-62-71(92-75(80)59-51-43-33-25-21-17-13-15-19-23-29-37-45-53-67(5)6)64-90-94(82,83)88-60-70(77)61-89-95(84,85)91-65-72(63-87-74(79)57-49-41-35-34-39-47-55-69(8)10-2)93-76(81)58-50-42-32-24-20-16-12-11-14-18-22-28-36-44-52-66(3)4/h66-72,77H,9-65H2,1-8H3,(H,82,83)(H,84,85)/t68?,69?,70-,71-,72-/m1/s1. The number of esters is 4. The number of carbonyl (C=O) groups excluding carboxylic acids is 4. The van der Waals surface area contributed by atoms with Gasteiger partial charge in [-0.25, -0.2) is 9.13 Å². The summed E-state index contributed by atoms with van der Waals surface area (Å²) in [6, 6.07) is 0. The molecule has 0 heterocycles. The van der Waals surface area contributed by atoms with Crippen molar-refractivity contribution in [3.8, 4) is 0 Å². The van der Waals surface area contributed by atoms with Gasteiger partial charge in [-0.05, 0) is 49.4 Å². The van der Waals surface area contributed by atoms with E-state index in [1.54, 1.807) is 0 Å². The second-order valence-corrected chi connectivity index (χ2v) is 31.7. The predicted octanol–water partition coefficient (Wildman–Crippen LogP) is 22.0. The third kappa shape index (κ3) is 67.6. The van der Waals surface area contributed by atoms with Gasteiger partial charge in [0.05, 0.1) is 26.4 Å². The molecule has 0 aliphatic carbocycles. The van der Waals surface area contributed by atoms with Crippen LogP contribution in [0.5, 0.6) is 0 Å². The molecular weight excluding hydrogens is 1250 g/mol. The molecule has 0 fully saturated rings. The number of carbonyl (C=O) groups is 4. The summed E-state index contributed by atoms with van der Waals surface area (Å²) in [7, 11) is -9.91. The fourth-order valence-electron chi connectivity index (χ4n) is 11.5. The number of ether oxygens (including phenoxy) is 4. The lowest BCUT2D eigenvalue weighted by Gasteiger charge is -2.21. The van der Waals surface area contributed by atoms with Crippen molar-refractivity contribution in [3.05, 3.63) is 0 Å². The summed E-state index contributed by atoms with van der Waals surface area (Å²) in [6.45, 7) is 14.2. The Morgan fingerprint density at radius 2 is 0.505 bits per heavy atom. The molecule has 3 N–H and O–H groups in total. The van der Waals surface area contributed by atoms with E-state index < -0.39 is 97.5 Å². The monoisotopic (exact) mass is 1400 g/mol. The molecule has 95 heavy (non-hydrogen) atoms. The molecule has 7 atom stereocenters. The predicted molar refractivity (Wildman–Crippen MR) is 386 cm³/mol. The number of aliphatic hydroxyl groups is 1. The van der Waals surface area contributed by atoms with Crippen molar-refractivity contribution < 1.29 is 80.2 Å². The topological polar surface area (TPSA) is 237 Å². The molecule has 17 nitrogen and oxygen atoms in total. The molecule has 0 aromatic rings. The first-order chi connectivity index (χ1) is 45.7. The van der Waals surface area contributed by atoms with E-state index in [-0.39, 0.29) is 25.7 Å². The summed E-state index contributed by atoms with van der Waals surface area (Å²) in [6.07, 6.45) is 49.9. The van der Waals surface area contributed by atoms with Crippen LogP contribution in [0.1, 0.15) is 383 Å². The molecule has 0 spiro atoms. The second kappa shape index (κ2) is 65.4. The van der Waals surface area contributed by atoms with Crippen LogP contribution in [0.4, 0.5) is 0 Å². The van der Waals surface area contributed by atoms with E-state index in [0.717, 1.165) is 120 Å². The van der Waals surface area contributed by atoms with Gasteiger partial charge < -0.3 is 33.8 Å². The molecule has 564 valence electrons. The van der Waals surface area contributed by atoms with Crippen molar-refractivity contribution in [2.45, 2.75) is 401 Å². The van der Waals surface area contributed by atoms with Crippen LogP contribution in [0, 0.1) is 23.7 Å². The summed E-state index contributed by atoms with van der Waals surface area (Å²) in [5.74, 6) is 0.968. The number of phosphoric ester groups is 2. The van der Waals surface area contributed by atoms with Crippen molar-refractivity contribution in [2.75, 3.05) is 39.6 Å². The number of hydrogen-bond acceptors (Lipinski definition) is 15. The molecule has 0 amide bonds. The van der Waals surface area contributed by atoms with Gasteiger partial charge in [0.1, 0.15) is 19.3 Å². The minimum absolute atomic E-state index is 0.106. The molecule has 0 saturated carbocycles. The maximum atomic E-state index is 13.1. The fourth-order valence-corrected chi connectivity index (χ4v) is 13.1. The number of phosphoric acid groups is 2. The SMILES string of the molecule is CCC(C)CCCCCCCCCCC(=O)OC[C@H](COP(=O)(O)OC[C@@H](O)COP(=O)(O)OC[C@@H](COC(=O)CCCCCCCCC(C)CC)OC(=O)CCCCCCCCCCCCCCCCC(C)C)OC(=O)CCCCCCCCCCCCCCCC(C)C. The van der Waals surface area contributed by atoms with Crippen molar-refractivity contribution in [2.24, 2.45) is 23.7 Å². The van der Waals surface area contributed by atoms with E-state index in [1.165, 1.54) is 180 Å². The molecule has 4 unspecified atom stereocenters. The van der Waals surface area contributed by atoms with Gasteiger partial charge in [-0.2, -0.15) is 0 Å². The average Bonchev–Trinajstić information content (AvgIpc) is 1.40. The van der Waals surface area contributed by atoms with E-state index in [4.69, 9.17) is 37.0 Å². The van der Waals surface area contributed by atoms with Crippen molar-refractivity contribution >= 4 is 39.5 Å². The van der Waals surface area contributed by atoms with Crippen molar-refractivity contribution in [1.82, 2.24) is 0 Å². The van der Waals surface area contributed by atoms with Crippen LogP contribution in [0.3, 0.4) is 0 Å². The Hall–Kier alpha value is -1.94. The van der Waals surface area contributed by atoms with Gasteiger partial charge in [-0.15, -0.1) is 0 Å². The van der Waals surface area contributed by atoms with Gasteiger partial charge >= 0.3 is 39.5 Å². The molecule has 0 radical (unpaired) electrons. The number of rotatable bonds is 73. The largest absolute Gasteiger partial charge is 0.472 e. The number of aliphatic hydroxyl groups excluding tert-OH is 1. The van der Waals surface area contributed by atoms with Gasteiger partial charge in [-0.3, -0.25) is 37.3 Å². The third-order valence-corrected chi connectivity index (χ3v) is 20.2. The lowest BCUT2D eigenvalue weighted by atomic mass is 9.99. The molecule has 0 bridgehead atoms. The van der Waals surface area contributed by atoms with Crippen molar-refractivity contribution in [3.63, 3.8) is 0 Å². The van der Waals surface area contributed by atoms with E-state index in [0.29, 0.717) is 25.7 Å². The van der Waals surface area contributed by atoms with Crippen LogP contribution in [0.15, 0.2) is 0 Å². The van der Waals surface area contributed by atoms with Gasteiger partial charge in [-0.1, -0.05) is 331 Å². The first-order valence-electron chi connectivity index (χ1n) is 39.3. The van der Waals surface area contributed by atoms with Crippen LogP contribution in [-0.2, 0) is 65.4 Å². The smallest absolute Gasteiger partial charge is 0.462 e. The highest BCUT2D eigenvalue weighted by Gasteiger charge is 2.30. The Morgan fingerprint density at radius 1 is 0.295 bits per heavy atom. The Bertz CT molecular complexity index is 1870. The quantitative estimate of drug-likeness (QED) is 0.0222. The Balaban J connectivity index is 5.25. The molecule has 0 saturated heterocycles. The summed E-state index contributed by atoms with van der Waals surface area (Å²) in [5, 5.41) is 10.6. The van der Waals surface area contributed by atoms with Gasteiger partial charge in [0.2, 0.25) is 0 Å². The van der Waals surface area contributed by atoms with Crippen LogP contribution in [0.2, 0.25) is 0 Å². The molecule has 0 aromatic heterocycles. The Morgan fingerprint density at radius 3 is 0.747 bits per heavy atom. The average molecular weight is 1400 g/mol. The zero-order valence-corrected chi connectivity index (χ0v) is 64.1. The zero-order valence-electron chi connectivity index (χ0n) is 62.3. The normalized spacial score (nSPS) is 14.7. The second-order valence-electron chi connectivity index (χ2n) is 28.8. The molecule has 0 aliphatic heterocycles. The summed E-state index contributed by atoms with van der Waals surface area (Å²) in [4.78, 5) is 72.8. The van der Waals surface area contributed by atoms with Gasteiger partial charge in [0, 0.05) is 25.7 Å². The molecule has 0 aliphatic rings. The van der Waals surface area contributed by atoms with Gasteiger partial charge in [0.15, 0.2) is 12.2 Å². The third-order valence-electron chi connectivity index (χ3n) is 18.3. The highest BCUT2D eigenvalue weighted by Crippen LogP contribution is 2.45. The maximum Gasteiger partial charge on any atom is 0.472 e. The van der Waals surface area contributed by atoms with Crippen LogP contribution in [-0.4, -0.2) is 96.7 Å². The highest BCUT2D eigenvalue weighted by atomic mass is 31.2. The lowest BCUT2D eigenvalue weighted by molar-refractivity contribution is -0.161. The summed E-state index contributed by atoms with van der Waals surface area (Å²) in [5.41, 5.74) is 0. The first kappa shape index (κ1) is 93.1. The minimum atomic E-state index is -4.96. The van der Waals surface area contributed by atoms with Crippen molar-refractivity contribution in [1.29, 1.82) is 0 Å². The van der Waals surface area contributed by atoms with Gasteiger partial charge in [0.25, 0.3) is 0 Å². The van der Waals surface area contributed by atoms with Crippen LogP contribution >= 0.6 is 15.6 Å². The van der Waals surface area contributed by atoms with E-state index >= 15 is 0 Å². The number of unbranched alkanes of at least 4 members (excludes halogenated alkanes) is 37. The summed E-state index contributed by atoms with van der Waals surface area (Å²) < 4.78 is 68.5. The van der Waals surface area contributed by atoms with E-state index in [2.05, 4.69) is 55.4 Å². The lowest BCUT2D eigenvalue weighted by Crippen LogP contribution is -2.30.